The quantitative estimate of drug-likeness (QED) is 0.251. The number of nitrogens with one attached hydrogen (secondary N) is 1. The zero-order valence-corrected chi connectivity index (χ0v) is 16.8. The third-order valence-electron chi connectivity index (χ3n) is 3.64. The molecule has 3 aromatic rings. The molecule has 1 amide bonds. The molecule has 0 radical (unpaired) electrons. The topological polar surface area (TPSA) is 67.8 Å². The van der Waals surface area contributed by atoms with E-state index in [0.717, 1.165) is 10.0 Å². The number of nitrogens with zero attached hydrogens (tertiary/aromatic N) is 1. The minimum Gasteiger partial charge on any atom is -0.423 e. The van der Waals surface area contributed by atoms with Crippen LogP contribution in [0.1, 0.15) is 26.3 Å². The van der Waals surface area contributed by atoms with Gasteiger partial charge in [-0.1, -0.05) is 33.6 Å². The second kappa shape index (κ2) is 9.30. The van der Waals surface area contributed by atoms with Crippen molar-refractivity contribution >= 4 is 45.6 Å². The normalized spacial score (nSPS) is 10.6. The van der Waals surface area contributed by atoms with Crippen molar-refractivity contribution in [2.75, 3.05) is 0 Å². The molecule has 0 aliphatic heterocycles. The first-order valence-corrected chi connectivity index (χ1v) is 9.35. The van der Waals surface area contributed by atoms with Crippen LogP contribution in [-0.4, -0.2) is 18.1 Å². The number of hydrogen-bond donors (Lipinski definition) is 1. The van der Waals surface area contributed by atoms with E-state index in [-0.39, 0.29) is 5.91 Å². The molecule has 3 aromatic carbocycles. The molecule has 1 N–H and O–H groups in total. The maximum Gasteiger partial charge on any atom is 0.343 e. The van der Waals surface area contributed by atoms with Crippen LogP contribution in [0.4, 0.5) is 0 Å². The average molecular weight is 458 g/mol. The number of esters is 1. The van der Waals surface area contributed by atoms with E-state index in [9.17, 15) is 9.59 Å². The van der Waals surface area contributed by atoms with Gasteiger partial charge in [0.1, 0.15) is 5.75 Å². The molecule has 0 heterocycles. The number of benzene rings is 3. The van der Waals surface area contributed by atoms with E-state index in [2.05, 4.69) is 26.5 Å². The van der Waals surface area contributed by atoms with Crippen LogP contribution in [0.15, 0.2) is 82.4 Å². The van der Waals surface area contributed by atoms with Gasteiger partial charge in [-0.2, -0.15) is 5.10 Å². The summed E-state index contributed by atoms with van der Waals surface area (Å²) >= 11 is 9.12. The van der Waals surface area contributed by atoms with Crippen molar-refractivity contribution in [2.45, 2.75) is 0 Å². The summed E-state index contributed by atoms with van der Waals surface area (Å²) in [5, 5.41) is 4.48. The first-order chi connectivity index (χ1) is 13.5. The molecule has 0 aliphatic rings. The van der Waals surface area contributed by atoms with Crippen molar-refractivity contribution < 1.29 is 14.3 Å². The number of ether oxygens (including phenoxy) is 1. The van der Waals surface area contributed by atoms with E-state index in [0.29, 0.717) is 21.9 Å². The molecule has 140 valence electrons. The smallest absolute Gasteiger partial charge is 0.343 e. The molecule has 0 atom stereocenters. The molecule has 3 rings (SSSR count). The summed E-state index contributed by atoms with van der Waals surface area (Å²) in [4.78, 5) is 24.1. The van der Waals surface area contributed by atoms with Gasteiger partial charge in [0.05, 0.1) is 11.8 Å². The van der Waals surface area contributed by atoms with Crippen LogP contribution < -0.4 is 10.2 Å². The van der Waals surface area contributed by atoms with Crippen molar-refractivity contribution in [1.82, 2.24) is 5.43 Å². The molecule has 0 saturated heterocycles. The Morgan fingerprint density at radius 1 is 0.964 bits per heavy atom. The molecule has 0 spiro atoms. The van der Waals surface area contributed by atoms with Gasteiger partial charge < -0.3 is 4.74 Å². The van der Waals surface area contributed by atoms with Crippen LogP contribution >= 0.6 is 27.5 Å². The second-order valence-electron chi connectivity index (χ2n) is 5.67. The predicted octanol–water partition coefficient (Wildman–Crippen LogP) is 5.09. The minimum absolute atomic E-state index is 0.314. The fourth-order valence-corrected chi connectivity index (χ4v) is 2.76. The Morgan fingerprint density at radius 3 is 2.36 bits per heavy atom. The number of halogens is 2. The number of amides is 1. The third kappa shape index (κ3) is 5.52. The number of hydrazone groups is 1. The van der Waals surface area contributed by atoms with Crippen LogP contribution in [0.25, 0.3) is 0 Å². The Bertz CT molecular complexity index is 1020. The van der Waals surface area contributed by atoms with Crippen LogP contribution in [0.2, 0.25) is 5.02 Å². The summed E-state index contributed by atoms with van der Waals surface area (Å²) in [6.45, 7) is 0. The van der Waals surface area contributed by atoms with Gasteiger partial charge in [-0.15, -0.1) is 0 Å². The zero-order valence-electron chi connectivity index (χ0n) is 14.4. The summed E-state index contributed by atoms with van der Waals surface area (Å²) in [5.74, 6) is -0.388. The first-order valence-electron chi connectivity index (χ1n) is 8.18. The van der Waals surface area contributed by atoms with Crippen molar-refractivity contribution in [3.05, 3.63) is 99.0 Å². The summed E-state index contributed by atoms with van der Waals surface area (Å²) < 4.78 is 6.12. The van der Waals surface area contributed by atoms with Crippen molar-refractivity contribution in [3.8, 4) is 5.75 Å². The molecule has 0 fully saturated rings. The Morgan fingerprint density at radius 2 is 1.68 bits per heavy atom. The van der Waals surface area contributed by atoms with Crippen molar-refractivity contribution in [1.29, 1.82) is 0 Å². The highest BCUT2D eigenvalue weighted by Gasteiger charge is 2.08. The number of carbonyl (C=O) groups excluding carboxylic acids is 2. The molecular weight excluding hydrogens is 444 g/mol. The molecule has 0 bridgehead atoms. The highest BCUT2D eigenvalue weighted by atomic mass is 79.9. The van der Waals surface area contributed by atoms with Gasteiger partial charge in [-0.25, -0.2) is 10.2 Å². The number of rotatable bonds is 5. The van der Waals surface area contributed by atoms with Crippen LogP contribution in [-0.2, 0) is 0 Å². The van der Waals surface area contributed by atoms with E-state index in [1.54, 1.807) is 66.7 Å². The van der Waals surface area contributed by atoms with Gasteiger partial charge in [-0.3, -0.25) is 4.79 Å². The van der Waals surface area contributed by atoms with E-state index in [1.807, 2.05) is 6.07 Å². The molecule has 0 unspecified atom stereocenters. The molecule has 0 aromatic heterocycles. The lowest BCUT2D eigenvalue weighted by Crippen LogP contribution is -2.17. The molecule has 7 heteroatoms. The average Bonchev–Trinajstić information content (AvgIpc) is 2.69. The molecule has 5 nitrogen and oxygen atoms in total. The fraction of sp³-hybridized carbons (Fsp3) is 0. The fourth-order valence-electron chi connectivity index (χ4n) is 2.23. The van der Waals surface area contributed by atoms with Crippen LogP contribution in [0, 0.1) is 0 Å². The van der Waals surface area contributed by atoms with E-state index >= 15 is 0 Å². The van der Waals surface area contributed by atoms with Gasteiger partial charge >= 0.3 is 5.97 Å². The zero-order chi connectivity index (χ0) is 19.9. The van der Waals surface area contributed by atoms with Gasteiger partial charge in [-0.05, 0) is 72.3 Å². The van der Waals surface area contributed by atoms with E-state index in [1.165, 1.54) is 6.21 Å². The summed E-state index contributed by atoms with van der Waals surface area (Å²) in [6, 6.07) is 20.2. The maximum absolute atomic E-state index is 12.1. The van der Waals surface area contributed by atoms with E-state index < -0.39 is 5.97 Å². The van der Waals surface area contributed by atoms with E-state index in [4.69, 9.17) is 16.3 Å². The lowest BCUT2D eigenvalue weighted by Gasteiger charge is -2.05. The second-order valence-corrected chi connectivity index (χ2v) is 7.03. The van der Waals surface area contributed by atoms with Gasteiger partial charge in [0, 0.05) is 15.1 Å². The standard InChI is InChI=1S/C21H14BrClN2O3/c22-17-3-1-2-16(12-17)20(26)25-24-13-14-4-10-19(11-5-14)28-21(27)15-6-8-18(23)9-7-15/h1-13H,(H,25,26). The van der Waals surface area contributed by atoms with Gasteiger partial charge in [0.25, 0.3) is 5.91 Å². The molecule has 0 saturated carbocycles. The highest BCUT2D eigenvalue weighted by molar-refractivity contribution is 9.10. The number of hydrogen-bond acceptors (Lipinski definition) is 4. The van der Waals surface area contributed by atoms with Gasteiger partial charge in [0.15, 0.2) is 0 Å². The Labute approximate surface area is 175 Å². The van der Waals surface area contributed by atoms with Crippen molar-refractivity contribution in [3.63, 3.8) is 0 Å². The lowest BCUT2D eigenvalue weighted by molar-refractivity contribution is 0.0734. The van der Waals surface area contributed by atoms with Crippen LogP contribution in [0.3, 0.4) is 0 Å². The first kappa shape index (κ1) is 19.8. The van der Waals surface area contributed by atoms with Crippen molar-refractivity contribution in [2.24, 2.45) is 5.10 Å². The monoisotopic (exact) mass is 456 g/mol. The Hall–Kier alpha value is -2.96. The summed E-state index contributed by atoms with van der Waals surface area (Å²) in [5.41, 5.74) is 4.10. The number of carbonyl (C=O) groups is 2. The molecular formula is C21H14BrClN2O3. The predicted molar refractivity (Wildman–Crippen MR) is 112 cm³/mol. The SMILES string of the molecule is O=C(NN=Cc1ccc(OC(=O)c2ccc(Cl)cc2)cc1)c1cccc(Br)c1. The molecule has 0 aliphatic carbocycles. The third-order valence-corrected chi connectivity index (χ3v) is 4.38. The maximum atomic E-state index is 12.1. The summed E-state index contributed by atoms with van der Waals surface area (Å²) in [6.07, 6.45) is 1.50. The minimum atomic E-state index is -0.473. The Kier molecular flexibility index (Phi) is 6.57. The Balaban J connectivity index is 1.56. The van der Waals surface area contributed by atoms with Crippen LogP contribution in [0.5, 0.6) is 5.75 Å². The largest absolute Gasteiger partial charge is 0.423 e. The highest BCUT2D eigenvalue weighted by Crippen LogP contribution is 2.15. The molecule has 28 heavy (non-hydrogen) atoms. The summed E-state index contributed by atoms with van der Waals surface area (Å²) in [7, 11) is 0. The van der Waals surface area contributed by atoms with Gasteiger partial charge in [0.2, 0.25) is 0 Å². The lowest BCUT2D eigenvalue weighted by atomic mass is 10.2.